The fourth-order valence-corrected chi connectivity index (χ4v) is 5.09. The predicted molar refractivity (Wildman–Crippen MR) is 137 cm³/mol. The Bertz CT molecular complexity index is 1290. The molecular weight excluding hydrogens is 483 g/mol. The number of halogens is 1. The maximum Gasteiger partial charge on any atom is 0.230 e. The fraction of sp³-hybridized carbons (Fsp3) is 0.308. The van der Waals surface area contributed by atoms with Gasteiger partial charge in [0.1, 0.15) is 6.17 Å². The van der Waals surface area contributed by atoms with Crippen molar-refractivity contribution in [2.45, 2.75) is 24.7 Å². The first-order valence-corrected chi connectivity index (χ1v) is 13.4. The molecule has 1 saturated carbocycles. The number of nitrogens with zero attached hydrogens (tertiary/aromatic N) is 1. The second-order valence-electron chi connectivity index (χ2n) is 9.07. The molecule has 2 aliphatic heterocycles. The minimum absolute atomic E-state index is 0.0408. The van der Waals surface area contributed by atoms with Crippen LogP contribution in [-0.2, 0) is 19.6 Å². The number of nitrogens with one attached hydrogen (secondary N) is 3. The number of rotatable bonds is 9. The standard InChI is InChI=1S/C26H29FN4O4S/c1-4-5-9-17(12-16(2)28-26(33)19-13-20(19)27)24-25(29-18-10-7-6-8-11-18)23-21(30-24)14-31(15-22(23)32)36(3,34)35/h4-12,19-20,24-25,29-30H,1-2,13-15H2,3H3,(H,28,33)/b9-5-,17-12+/t19-,20+,24?,25?/m0/s1. The minimum Gasteiger partial charge on any atom is -0.378 e. The van der Waals surface area contributed by atoms with E-state index in [1.165, 1.54) is 0 Å². The Hall–Kier alpha value is -3.50. The number of alkyl halides is 1. The number of amides is 1. The summed E-state index contributed by atoms with van der Waals surface area (Å²) in [6.45, 7) is 7.41. The summed E-state index contributed by atoms with van der Waals surface area (Å²) in [7, 11) is -3.58. The number of para-hydroxylation sites is 1. The maximum absolute atomic E-state index is 13.3. The number of Topliss-reactive ketones (excluding diaryl/α,β-unsaturated/α-hetero) is 1. The first kappa shape index (κ1) is 25.6. The van der Waals surface area contributed by atoms with Crippen molar-refractivity contribution in [1.29, 1.82) is 0 Å². The van der Waals surface area contributed by atoms with Crippen molar-refractivity contribution in [3.05, 3.63) is 90.3 Å². The van der Waals surface area contributed by atoms with E-state index >= 15 is 0 Å². The molecule has 0 saturated heterocycles. The minimum atomic E-state index is -3.58. The third-order valence-electron chi connectivity index (χ3n) is 6.28. The third kappa shape index (κ3) is 5.66. The molecule has 3 N–H and O–H groups in total. The Balaban J connectivity index is 1.68. The molecule has 8 nitrogen and oxygen atoms in total. The monoisotopic (exact) mass is 512 g/mol. The van der Waals surface area contributed by atoms with Crippen LogP contribution in [0.5, 0.6) is 0 Å². The number of hydrogen-bond acceptors (Lipinski definition) is 6. The summed E-state index contributed by atoms with van der Waals surface area (Å²) in [4.78, 5) is 25.4. The highest BCUT2D eigenvalue weighted by atomic mass is 32.2. The van der Waals surface area contributed by atoms with Crippen molar-refractivity contribution in [2.24, 2.45) is 5.92 Å². The van der Waals surface area contributed by atoms with Crippen LogP contribution < -0.4 is 16.0 Å². The number of carbonyl (C=O) groups excluding carboxylic acids is 2. The molecule has 36 heavy (non-hydrogen) atoms. The van der Waals surface area contributed by atoms with Crippen LogP contribution in [0.3, 0.4) is 0 Å². The van der Waals surface area contributed by atoms with Gasteiger partial charge in [0.05, 0.1) is 37.3 Å². The number of hydrogen-bond donors (Lipinski definition) is 3. The van der Waals surface area contributed by atoms with Crippen molar-refractivity contribution in [1.82, 2.24) is 14.9 Å². The Morgan fingerprint density at radius 3 is 2.56 bits per heavy atom. The van der Waals surface area contributed by atoms with Crippen molar-refractivity contribution in [2.75, 3.05) is 24.7 Å². The molecule has 1 fully saturated rings. The van der Waals surface area contributed by atoms with Gasteiger partial charge in [0, 0.05) is 22.7 Å². The molecule has 4 rings (SSSR count). The van der Waals surface area contributed by atoms with Gasteiger partial charge in [-0.3, -0.25) is 9.59 Å². The van der Waals surface area contributed by atoms with E-state index in [1.807, 2.05) is 30.3 Å². The average Bonchev–Trinajstić information content (AvgIpc) is 3.45. The van der Waals surface area contributed by atoms with Gasteiger partial charge < -0.3 is 16.0 Å². The quantitative estimate of drug-likeness (QED) is 0.438. The molecule has 0 spiro atoms. The normalized spacial score (nSPS) is 26.4. The van der Waals surface area contributed by atoms with Crippen LogP contribution in [0.4, 0.5) is 10.1 Å². The average molecular weight is 513 g/mol. The van der Waals surface area contributed by atoms with Crippen molar-refractivity contribution < 1.29 is 22.4 Å². The SMILES string of the molecule is C=C/C=C\C(=C/C(=C)NC(=O)[C@H]1C[C@H]1F)C1NC2=C(C(=O)CN(S(C)(=O)=O)C2)C1Nc1ccccc1. The Morgan fingerprint density at radius 2 is 1.94 bits per heavy atom. The second kappa shape index (κ2) is 10.2. The molecule has 10 heteroatoms. The predicted octanol–water partition coefficient (Wildman–Crippen LogP) is 2.19. The van der Waals surface area contributed by atoms with Gasteiger partial charge in [-0.15, -0.1) is 0 Å². The van der Waals surface area contributed by atoms with Crippen molar-refractivity contribution in [3.63, 3.8) is 0 Å². The van der Waals surface area contributed by atoms with E-state index in [4.69, 9.17) is 0 Å². The number of sulfonamides is 1. The van der Waals surface area contributed by atoms with E-state index in [9.17, 15) is 22.4 Å². The summed E-state index contributed by atoms with van der Waals surface area (Å²) in [5.41, 5.74) is 2.71. The van der Waals surface area contributed by atoms with Crippen LogP contribution in [0.2, 0.25) is 0 Å². The van der Waals surface area contributed by atoms with Gasteiger partial charge in [-0.25, -0.2) is 12.8 Å². The molecule has 2 unspecified atom stereocenters. The first-order chi connectivity index (χ1) is 17.1. The van der Waals surface area contributed by atoms with Crippen LogP contribution >= 0.6 is 0 Å². The number of benzene rings is 1. The summed E-state index contributed by atoms with van der Waals surface area (Å²) in [6.07, 6.45) is 6.88. The number of anilines is 1. The van der Waals surface area contributed by atoms with Crippen LogP contribution in [-0.4, -0.2) is 62.0 Å². The summed E-state index contributed by atoms with van der Waals surface area (Å²) in [6, 6.07) is 8.32. The molecular formula is C26H29FN4O4S. The molecule has 190 valence electrons. The van der Waals surface area contributed by atoms with Gasteiger partial charge in [0.2, 0.25) is 15.9 Å². The summed E-state index contributed by atoms with van der Waals surface area (Å²) in [5.74, 6) is -1.38. The van der Waals surface area contributed by atoms with E-state index in [0.717, 1.165) is 16.2 Å². The number of allylic oxidation sites excluding steroid dienone is 3. The molecule has 2 heterocycles. The molecule has 4 atom stereocenters. The number of ketones is 1. The maximum atomic E-state index is 13.3. The highest BCUT2D eigenvalue weighted by molar-refractivity contribution is 7.88. The lowest BCUT2D eigenvalue weighted by Crippen LogP contribution is -2.43. The molecule has 1 aromatic carbocycles. The lowest BCUT2D eigenvalue weighted by atomic mass is 9.91. The summed E-state index contributed by atoms with van der Waals surface area (Å²) in [5, 5.41) is 9.37. The van der Waals surface area contributed by atoms with Crippen LogP contribution in [0, 0.1) is 5.92 Å². The Kier molecular flexibility index (Phi) is 7.28. The largest absolute Gasteiger partial charge is 0.378 e. The van der Waals surface area contributed by atoms with E-state index in [1.54, 1.807) is 24.3 Å². The molecule has 0 bridgehead atoms. The highest BCUT2D eigenvalue weighted by Gasteiger charge is 2.45. The summed E-state index contributed by atoms with van der Waals surface area (Å²) >= 11 is 0. The third-order valence-corrected chi connectivity index (χ3v) is 7.47. The molecule has 3 aliphatic rings. The molecule has 0 aromatic heterocycles. The van der Waals surface area contributed by atoms with E-state index in [-0.39, 0.29) is 31.0 Å². The number of carbonyl (C=O) groups is 2. The van der Waals surface area contributed by atoms with Gasteiger partial charge >= 0.3 is 0 Å². The topological polar surface area (TPSA) is 108 Å². The van der Waals surface area contributed by atoms with E-state index in [2.05, 4.69) is 29.1 Å². The lowest BCUT2D eigenvalue weighted by Gasteiger charge is -2.27. The van der Waals surface area contributed by atoms with E-state index < -0.39 is 40.1 Å². The molecule has 1 amide bonds. The zero-order valence-electron chi connectivity index (χ0n) is 19.9. The van der Waals surface area contributed by atoms with Gasteiger partial charge in [-0.1, -0.05) is 49.6 Å². The van der Waals surface area contributed by atoms with Crippen LogP contribution in [0.15, 0.2) is 90.3 Å². The highest BCUT2D eigenvalue weighted by Crippen LogP contribution is 2.35. The van der Waals surface area contributed by atoms with Crippen molar-refractivity contribution >= 4 is 27.4 Å². The zero-order valence-corrected chi connectivity index (χ0v) is 20.7. The van der Waals surface area contributed by atoms with E-state index in [0.29, 0.717) is 16.8 Å². The van der Waals surface area contributed by atoms with Gasteiger partial charge in [-0.2, -0.15) is 4.31 Å². The van der Waals surface area contributed by atoms with Gasteiger partial charge in [0.25, 0.3) is 0 Å². The van der Waals surface area contributed by atoms with Crippen LogP contribution in [0.25, 0.3) is 0 Å². The molecule has 1 aromatic rings. The second-order valence-corrected chi connectivity index (χ2v) is 11.1. The first-order valence-electron chi connectivity index (χ1n) is 11.5. The van der Waals surface area contributed by atoms with Crippen LogP contribution in [0.1, 0.15) is 6.42 Å². The Labute approximate surface area is 210 Å². The van der Waals surface area contributed by atoms with Gasteiger partial charge in [-0.05, 0) is 30.2 Å². The molecule has 0 radical (unpaired) electrons. The van der Waals surface area contributed by atoms with Gasteiger partial charge in [0.15, 0.2) is 5.78 Å². The molecule has 1 aliphatic carbocycles. The Morgan fingerprint density at radius 1 is 1.25 bits per heavy atom. The summed E-state index contributed by atoms with van der Waals surface area (Å²) < 4.78 is 38.8. The fourth-order valence-electron chi connectivity index (χ4n) is 4.38. The zero-order chi connectivity index (χ0) is 26.0. The lowest BCUT2D eigenvalue weighted by molar-refractivity contribution is -0.122. The van der Waals surface area contributed by atoms with Crippen molar-refractivity contribution in [3.8, 4) is 0 Å². The smallest absolute Gasteiger partial charge is 0.230 e.